The van der Waals surface area contributed by atoms with E-state index in [2.05, 4.69) is 26.0 Å². The first-order chi connectivity index (χ1) is 16.3. The lowest BCUT2D eigenvalue weighted by molar-refractivity contribution is -0.134. The van der Waals surface area contributed by atoms with Gasteiger partial charge in [0.15, 0.2) is 12.4 Å². The minimum absolute atomic E-state index is 0.0179. The van der Waals surface area contributed by atoms with Crippen molar-refractivity contribution in [2.75, 3.05) is 13.7 Å². The molecule has 0 spiro atoms. The molecule has 3 aromatic rings. The molecule has 7 heteroatoms. The minimum Gasteiger partial charge on any atom is -0.497 e. The van der Waals surface area contributed by atoms with Crippen molar-refractivity contribution in [3.05, 3.63) is 94.0 Å². The molecule has 0 fully saturated rings. The number of rotatable bonds is 10. The Morgan fingerprint density at radius 3 is 2.06 bits per heavy atom. The van der Waals surface area contributed by atoms with Crippen LogP contribution in [0.1, 0.15) is 46.8 Å². The van der Waals surface area contributed by atoms with Gasteiger partial charge in [-0.2, -0.15) is 0 Å². The fourth-order valence-corrected chi connectivity index (χ4v) is 3.69. The first kappa shape index (κ1) is 25.1. The lowest BCUT2D eigenvalue weighted by Gasteiger charge is -2.24. The Labute approximate surface area is 204 Å². The Hall–Kier alpha value is -3.51. The van der Waals surface area contributed by atoms with Crippen molar-refractivity contribution in [2.45, 2.75) is 32.9 Å². The van der Waals surface area contributed by atoms with E-state index in [0.717, 1.165) is 16.9 Å². The number of hydrogen-bond acceptors (Lipinski definition) is 4. The maximum absolute atomic E-state index is 13.2. The third-order valence-corrected chi connectivity index (χ3v) is 5.74. The third kappa shape index (κ3) is 6.51. The number of aromatic carboxylic acids is 1. The number of para-hydroxylation sites is 1. The van der Waals surface area contributed by atoms with Gasteiger partial charge >= 0.3 is 5.97 Å². The van der Waals surface area contributed by atoms with Crippen LogP contribution in [0, 0.1) is 0 Å². The molecule has 0 bridgehead atoms. The van der Waals surface area contributed by atoms with Gasteiger partial charge in [0, 0.05) is 13.1 Å². The number of benzene rings is 3. The van der Waals surface area contributed by atoms with Gasteiger partial charge in [-0.3, -0.25) is 4.79 Å². The predicted molar refractivity (Wildman–Crippen MR) is 132 cm³/mol. The first-order valence-corrected chi connectivity index (χ1v) is 11.3. The minimum atomic E-state index is -1.18. The van der Waals surface area contributed by atoms with Crippen LogP contribution < -0.4 is 9.47 Å². The summed E-state index contributed by atoms with van der Waals surface area (Å²) < 4.78 is 10.8. The van der Waals surface area contributed by atoms with Gasteiger partial charge in [-0.05, 0) is 46.9 Å². The Morgan fingerprint density at radius 2 is 1.53 bits per heavy atom. The Bertz CT molecular complexity index is 1130. The van der Waals surface area contributed by atoms with Crippen molar-refractivity contribution in [3.8, 4) is 11.5 Å². The molecule has 0 unspecified atom stereocenters. The molecule has 0 radical (unpaired) electrons. The SMILES string of the molecule is COc1ccc(CN(Cc2ccc(C(C)C)cc2)C(=O)COc2c(Cl)cccc2C(=O)O)cc1. The highest BCUT2D eigenvalue weighted by atomic mass is 35.5. The highest BCUT2D eigenvalue weighted by Crippen LogP contribution is 2.29. The fourth-order valence-electron chi connectivity index (χ4n) is 3.46. The number of hydrogen-bond donors (Lipinski definition) is 1. The van der Waals surface area contributed by atoms with E-state index in [1.165, 1.54) is 23.8 Å². The molecule has 178 valence electrons. The number of nitrogens with zero attached hydrogens (tertiary/aromatic N) is 1. The van der Waals surface area contributed by atoms with Gasteiger partial charge in [-0.1, -0.05) is 67.9 Å². The molecule has 0 saturated carbocycles. The van der Waals surface area contributed by atoms with Crippen molar-refractivity contribution >= 4 is 23.5 Å². The van der Waals surface area contributed by atoms with E-state index in [1.54, 1.807) is 12.0 Å². The van der Waals surface area contributed by atoms with E-state index in [1.807, 2.05) is 36.4 Å². The first-order valence-electron chi connectivity index (χ1n) is 10.9. The lowest BCUT2D eigenvalue weighted by atomic mass is 10.0. The normalized spacial score (nSPS) is 10.7. The summed E-state index contributed by atoms with van der Waals surface area (Å²) in [7, 11) is 1.60. The van der Waals surface area contributed by atoms with Crippen molar-refractivity contribution in [1.82, 2.24) is 4.90 Å². The van der Waals surface area contributed by atoms with Crippen molar-refractivity contribution in [2.24, 2.45) is 0 Å². The van der Waals surface area contributed by atoms with Crippen LogP contribution in [0.4, 0.5) is 0 Å². The number of carboxylic acids is 1. The van der Waals surface area contributed by atoms with Crippen LogP contribution in [0.25, 0.3) is 0 Å². The maximum Gasteiger partial charge on any atom is 0.339 e. The highest BCUT2D eigenvalue weighted by Gasteiger charge is 2.20. The largest absolute Gasteiger partial charge is 0.497 e. The average Bonchev–Trinajstić information content (AvgIpc) is 2.83. The van der Waals surface area contributed by atoms with Gasteiger partial charge in [0.2, 0.25) is 0 Å². The summed E-state index contributed by atoms with van der Waals surface area (Å²) in [5.74, 6) is -0.339. The number of carboxylic acid groups (broad SMARTS) is 1. The molecular weight excluding hydrogens is 454 g/mol. The molecule has 0 aliphatic rings. The van der Waals surface area contributed by atoms with E-state index in [0.29, 0.717) is 19.0 Å². The summed E-state index contributed by atoms with van der Waals surface area (Å²) in [5, 5.41) is 9.55. The second kappa shape index (κ2) is 11.6. The zero-order chi connectivity index (χ0) is 24.7. The molecule has 1 amide bonds. The van der Waals surface area contributed by atoms with Crippen LogP contribution in [0.5, 0.6) is 11.5 Å². The zero-order valence-electron chi connectivity index (χ0n) is 19.5. The van der Waals surface area contributed by atoms with Gasteiger partial charge in [-0.25, -0.2) is 4.79 Å². The number of ether oxygens (including phenoxy) is 2. The zero-order valence-corrected chi connectivity index (χ0v) is 20.2. The monoisotopic (exact) mass is 481 g/mol. The molecule has 1 N–H and O–H groups in total. The standard InChI is InChI=1S/C27H28ClNO5/c1-18(2)21-11-7-19(8-12-21)15-29(16-20-9-13-22(33-3)14-10-20)25(30)17-34-26-23(27(31)32)5-4-6-24(26)28/h4-14,18H,15-17H2,1-3H3,(H,31,32). The third-order valence-electron chi connectivity index (χ3n) is 5.44. The molecular formula is C27H28ClNO5. The average molecular weight is 482 g/mol. The Balaban J connectivity index is 1.80. The van der Waals surface area contributed by atoms with Crippen molar-refractivity contribution in [3.63, 3.8) is 0 Å². The number of amides is 1. The van der Waals surface area contributed by atoms with Crippen LogP contribution in [0.3, 0.4) is 0 Å². The number of carbonyl (C=O) groups is 2. The van der Waals surface area contributed by atoms with E-state index < -0.39 is 5.97 Å². The van der Waals surface area contributed by atoms with Gasteiger partial charge < -0.3 is 19.5 Å². The molecule has 34 heavy (non-hydrogen) atoms. The summed E-state index contributed by atoms with van der Waals surface area (Å²) in [4.78, 5) is 26.4. The lowest BCUT2D eigenvalue weighted by Crippen LogP contribution is -2.34. The number of carbonyl (C=O) groups excluding carboxylic acids is 1. The van der Waals surface area contributed by atoms with Crippen molar-refractivity contribution in [1.29, 1.82) is 0 Å². The maximum atomic E-state index is 13.2. The van der Waals surface area contributed by atoms with Gasteiger partial charge in [0.25, 0.3) is 5.91 Å². The summed E-state index contributed by atoms with van der Waals surface area (Å²) in [6.45, 7) is 4.65. The summed E-state index contributed by atoms with van der Waals surface area (Å²) in [6, 6.07) is 20.1. The van der Waals surface area contributed by atoms with Gasteiger partial charge in [0.05, 0.1) is 12.1 Å². The van der Waals surface area contributed by atoms with Crippen LogP contribution in [-0.4, -0.2) is 35.6 Å². The fraction of sp³-hybridized carbons (Fsp3) is 0.259. The van der Waals surface area contributed by atoms with E-state index in [-0.39, 0.29) is 28.8 Å². The van der Waals surface area contributed by atoms with E-state index in [9.17, 15) is 14.7 Å². The smallest absolute Gasteiger partial charge is 0.339 e. The summed E-state index contributed by atoms with van der Waals surface area (Å²) >= 11 is 6.14. The Kier molecular flexibility index (Phi) is 8.55. The Morgan fingerprint density at radius 1 is 0.941 bits per heavy atom. The molecule has 0 aliphatic carbocycles. The highest BCUT2D eigenvalue weighted by molar-refractivity contribution is 6.32. The van der Waals surface area contributed by atoms with Crippen molar-refractivity contribution < 1.29 is 24.2 Å². The number of methoxy groups -OCH3 is 1. The molecule has 0 aliphatic heterocycles. The molecule has 0 saturated heterocycles. The molecule has 6 nitrogen and oxygen atoms in total. The van der Waals surface area contributed by atoms with E-state index in [4.69, 9.17) is 21.1 Å². The van der Waals surface area contributed by atoms with Gasteiger partial charge in [0.1, 0.15) is 11.3 Å². The quantitative estimate of drug-likeness (QED) is 0.397. The summed E-state index contributed by atoms with van der Waals surface area (Å²) in [6.07, 6.45) is 0. The van der Waals surface area contributed by atoms with Crippen LogP contribution >= 0.6 is 11.6 Å². The molecule has 0 aromatic heterocycles. The predicted octanol–water partition coefficient (Wildman–Crippen LogP) is 5.78. The van der Waals surface area contributed by atoms with E-state index >= 15 is 0 Å². The van der Waals surface area contributed by atoms with Crippen LogP contribution in [-0.2, 0) is 17.9 Å². The second-order valence-electron chi connectivity index (χ2n) is 8.20. The molecule has 0 atom stereocenters. The number of halogens is 1. The molecule has 3 rings (SSSR count). The molecule has 0 heterocycles. The van der Waals surface area contributed by atoms with Crippen LogP contribution in [0.2, 0.25) is 5.02 Å². The van der Waals surface area contributed by atoms with Crippen LogP contribution in [0.15, 0.2) is 66.7 Å². The second-order valence-corrected chi connectivity index (χ2v) is 8.61. The summed E-state index contributed by atoms with van der Waals surface area (Å²) in [5.41, 5.74) is 3.04. The molecule has 3 aromatic carbocycles. The van der Waals surface area contributed by atoms with Gasteiger partial charge in [-0.15, -0.1) is 0 Å². The topological polar surface area (TPSA) is 76.1 Å².